The van der Waals surface area contributed by atoms with Crippen molar-refractivity contribution < 1.29 is 8.42 Å². The molecule has 1 aliphatic heterocycles. The summed E-state index contributed by atoms with van der Waals surface area (Å²) in [5, 5.41) is 2.23. The van der Waals surface area contributed by atoms with Gasteiger partial charge in [0.15, 0.2) is 9.84 Å². The zero-order valence-electron chi connectivity index (χ0n) is 12.3. The summed E-state index contributed by atoms with van der Waals surface area (Å²) >= 11 is 0. The maximum Gasteiger partial charge on any atom is 0.175 e. The van der Waals surface area contributed by atoms with Crippen molar-refractivity contribution in [3.8, 4) is 0 Å². The third kappa shape index (κ3) is 4.02. The Hall–Kier alpha value is -0.950. The molecule has 112 valence electrons. The fraction of sp³-hybridized carbons (Fsp3) is 0.571. The Bertz CT molecular complexity index is 534. The van der Waals surface area contributed by atoms with E-state index in [0.717, 1.165) is 31.7 Å². The summed E-state index contributed by atoms with van der Waals surface area (Å²) in [5.74, 6) is 0. The van der Waals surface area contributed by atoms with Crippen molar-refractivity contribution in [2.75, 3.05) is 39.5 Å². The summed E-state index contributed by atoms with van der Waals surface area (Å²) in [4.78, 5) is 2.68. The summed E-state index contributed by atoms with van der Waals surface area (Å²) in [6, 6.07) is 7.28. The molecular weight excluding hydrogens is 274 g/mol. The lowest BCUT2D eigenvalue weighted by Gasteiger charge is -2.34. The van der Waals surface area contributed by atoms with Gasteiger partial charge in [-0.25, -0.2) is 18.9 Å². The first kappa shape index (κ1) is 15.4. The van der Waals surface area contributed by atoms with Gasteiger partial charge >= 0.3 is 0 Å². The predicted octanol–water partition coefficient (Wildman–Crippen LogP) is 0.903. The molecule has 1 aromatic rings. The van der Waals surface area contributed by atoms with Gasteiger partial charge in [0.05, 0.1) is 4.90 Å². The Morgan fingerprint density at radius 1 is 1.10 bits per heavy atom. The van der Waals surface area contributed by atoms with Crippen LogP contribution in [0.2, 0.25) is 0 Å². The quantitative estimate of drug-likeness (QED) is 0.895. The molecule has 20 heavy (non-hydrogen) atoms. The molecule has 2 rings (SSSR count). The molecule has 1 atom stereocenters. The summed E-state index contributed by atoms with van der Waals surface area (Å²) in [6.07, 6.45) is 1.23. The fourth-order valence-electron chi connectivity index (χ4n) is 2.29. The van der Waals surface area contributed by atoms with Crippen LogP contribution in [0.5, 0.6) is 0 Å². The van der Waals surface area contributed by atoms with Gasteiger partial charge in [-0.05, 0) is 31.7 Å². The number of sulfone groups is 1. The molecule has 0 radical (unpaired) electrons. The third-order valence-electron chi connectivity index (χ3n) is 3.69. The number of rotatable bonds is 4. The van der Waals surface area contributed by atoms with Crippen molar-refractivity contribution in [2.45, 2.75) is 17.9 Å². The second kappa shape index (κ2) is 6.22. The number of nitrogens with zero attached hydrogens (tertiary/aromatic N) is 2. The lowest BCUT2D eigenvalue weighted by Crippen LogP contribution is -2.51. The Kier molecular flexibility index (Phi) is 4.80. The van der Waals surface area contributed by atoms with Crippen molar-refractivity contribution in [3.63, 3.8) is 0 Å². The van der Waals surface area contributed by atoms with Crippen molar-refractivity contribution in [2.24, 2.45) is 0 Å². The number of piperazine rings is 1. The molecule has 1 fully saturated rings. The van der Waals surface area contributed by atoms with Crippen LogP contribution < -0.4 is 5.43 Å². The number of hydrazine groups is 1. The summed E-state index contributed by atoms with van der Waals surface area (Å²) in [7, 11) is -0.985. The minimum atomic E-state index is -3.11. The van der Waals surface area contributed by atoms with Crippen LogP contribution in [0.1, 0.15) is 18.5 Å². The highest BCUT2D eigenvalue weighted by molar-refractivity contribution is 7.90. The fourth-order valence-corrected chi connectivity index (χ4v) is 2.92. The molecule has 6 heteroatoms. The Labute approximate surface area is 121 Å². The van der Waals surface area contributed by atoms with Gasteiger partial charge in [0, 0.05) is 38.5 Å². The van der Waals surface area contributed by atoms with E-state index >= 15 is 0 Å². The molecule has 0 amide bonds. The molecule has 1 unspecified atom stereocenters. The van der Waals surface area contributed by atoms with Gasteiger partial charge in [-0.2, -0.15) is 0 Å². The van der Waals surface area contributed by atoms with Crippen LogP contribution in [0, 0.1) is 0 Å². The van der Waals surface area contributed by atoms with E-state index in [0.29, 0.717) is 4.90 Å². The molecule has 1 N–H and O–H groups in total. The number of nitrogens with one attached hydrogen (secondary N) is 1. The number of likely N-dealkylation sites (N-methyl/N-ethyl adjacent to an activating group) is 1. The molecule has 1 aromatic carbocycles. The van der Waals surface area contributed by atoms with Gasteiger partial charge in [-0.3, -0.25) is 0 Å². The Morgan fingerprint density at radius 2 is 1.65 bits per heavy atom. The molecular formula is C14H23N3O2S. The van der Waals surface area contributed by atoms with E-state index in [4.69, 9.17) is 0 Å². The minimum absolute atomic E-state index is 0.173. The van der Waals surface area contributed by atoms with E-state index in [2.05, 4.69) is 29.3 Å². The van der Waals surface area contributed by atoms with Crippen LogP contribution >= 0.6 is 0 Å². The molecule has 0 saturated carbocycles. The molecule has 0 aromatic heterocycles. The van der Waals surface area contributed by atoms with Gasteiger partial charge in [0.1, 0.15) is 0 Å². The van der Waals surface area contributed by atoms with E-state index in [1.807, 2.05) is 12.1 Å². The van der Waals surface area contributed by atoms with Gasteiger partial charge in [0.25, 0.3) is 0 Å². The maximum atomic E-state index is 11.4. The van der Waals surface area contributed by atoms with E-state index in [1.54, 1.807) is 12.1 Å². The number of benzene rings is 1. The molecule has 0 bridgehead atoms. The second-order valence-corrected chi connectivity index (χ2v) is 7.50. The largest absolute Gasteiger partial charge is 0.304 e. The van der Waals surface area contributed by atoms with Crippen LogP contribution in [0.4, 0.5) is 0 Å². The molecule has 1 aliphatic rings. The SMILES string of the molecule is CC(NN1CCN(C)CC1)c1ccc(S(C)(=O)=O)cc1. The average Bonchev–Trinajstić information content (AvgIpc) is 2.40. The second-order valence-electron chi connectivity index (χ2n) is 5.48. The van der Waals surface area contributed by atoms with Gasteiger partial charge in [0.2, 0.25) is 0 Å². The van der Waals surface area contributed by atoms with Crippen LogP contribution in [0.15, 0.2) is 29.2 Å². The van der Waals surface area contributed by atoms with E-state index < -0.39 is 9.84 Å². The highest BCUT2D eigenvalue weighted by Crippen LogP contribution is 2.16. The van der Waals surface area contributed by atoms with E-state index in [1.165, 1.54) is 6.26 Å². The third-order valence-corrected chi connectivity index (χ3v) is 4.82. The Balaban J connectivity index is 1.97. The van der Waals surface area contributed by atoms with Crippen LogP contribution in [0.25, 0.3) is 0 Å². The van der Waals surface area contributed by atoms with E-state index in [-0.39, 0.29) is 6.04 Å². The normalized spacial score (nSPS) is 19.9. The first-order valence-corrected chi connectivity index (χ1v) is 8.75. The lowest BCUT2D eigenvalue weighted by atomic mass is 10.1. The Morgan fingerprint density at radius 3 is 2.15 bits per heavy atom. The smallest absolute Gasteiger partial charge is 0.175 e. The van der Waals surface area contributed by atoms with Gasteiger partial charge in [-0.1, -0.05) is 12.1 Å². The van der Waals surface area contributed by atoms with Crippen LogP contribution in [0.3, 0.4) is 0 Å². The summed E-state index contributed by atoms with van der Waals surface area (Å²) < 4.78 is 22.9. The van der Waals surface area contributed by atoms with Gasteiger partial charge in [-0.15, -0.1) is 0 Å². The first-order chi connectivity index (χ1) is 9.36. The van der Waals surface area contributed by atoms with Crippen molar-refractivity contribution in [3.05, 3.63) is 29.8 Å². The number of hydrogen-bond acceptors (Lipinski definition) is 5. The summed E-state index contributed by atoms with van der Waals surface area (Å²) in [6.45, 7) is 6.22. The van der Waals surface area contributed by atoms with Crippen LogP contribution in [-0.4, -0.2) is 57.8 Å². The van der Waals surface area contributed by atoms with Gasteiger partial charge < -0.3 is 4.90 Å². The zero-order valence-corrected chi connectivity index (χ0v) is 13.2. The van der Waals surface area contributed by atoms with Crippen molar-refractivity contribution in [1.29, 1.82) is 0 Å². The highest BCUT2D eigenvalue weighted by Gasteiger charge is 2.16. The zero-order chi connectivity index (χ0) is 14.8. The molecule has 0 aliphatic carbocycles. The molecule has 5 nitrogen and oxygen atoms in total. The van der Waals surface area contributed by atoms with Crippen molar-refractivity contribution in [1.82, 2.24) is 15.3 Å². The monoisotopic (exact) mass is 297 g/mol. The topological polar surface area (TPSA) is 52.6 Å². The molecule has 1 saturated heterocycles. The number of hydrogen-bond donors (Lipinski definition) is 1. The predicted molar refractivity (Wildman–Crippen MR) is 80.2 cm³/mol. The lowest BCUT2D eigenvalue weighted by molar-refractivity contribution is 0.0899. The molecule has 1 heterocycles. The summed E-state index contributed by atoms with van der Waals surface area (Å²) in [5.41, 5.74) is 4.56. The highest BCUT2D eigenvalue weighted by atomic mass is 32.2. The van der Waals surface area contributed by atoms with E-state index in [9.17, 15) is 8.42 Å². The maximum absolute atomic E-state index is 11.4. The standard InChI is InChI=1S/C14H23N3O2S/c1-12(15-17-10-8-16(2)9-11-17)13-4-6-14(7-5-13)20(3,18)19/h4-7,12,15H,8-11H2,1-3H3. The first-order valence-electron chi connectivity index (χ1n) is 6.86. The minimum Gasteiger partial charge on any atom is -0.304 e. The average molecular weight is 297 g/mol. The molecule has 0 spiro atoms. The van der Waals surface area contributed by atoms with Crippen molar-refractivity contribution >= 4 is 9.84 Å². The van der Waals surface area contributed by atoms with Crippen LogP contribution in [-0.2, 0) is 9.84 Å².